The molecule has 42 heavy (non-hydrogen) atoms. The fourth-order valence-corrected chi connectivity index (χ4v) is 8.18. The van der Waals surface area contributed by atoms with Gasteiger partial charge in [0, 0.05) is 31.6 Å². The summed E-state index contributed by atoms with van der Waals surface area (Å²) in [5.74, 6) is 0.190. The minimum atomic E-state index is -3.58. The van der Waals surface area contributed by atoms with Crippen LogP contribution in [0, 0.1) is 5.82 Å². The summed E-state index contributed by atoms with van der Waals surface area (Å²) in [6, 6.07) is 7.82. The highest BCUT2D eigenvalue weighted by Crippen LogP contribution is 2.35. The van der Waals surface area contributed by atoms with Crippen molar-refractivity contribution in [2.45, 2.75) is 41.9 Å². The van der Waals surface area contributed by atoms with Crippen LogP contribution in [-0.2, 0) is 14.8 Å². The van der Waals surface area contributed by atoms with Crippen molar-refractivity contribution >= 4 is 49.8 Å². The Labute approximate surface area is 246 Å². The summed E-state index contributed by atoms with van der Waals surface area (Å²) in [4.78, 5) is 22.4. The van der Waals surface area contributed by atoms with Crippen molar-refractivity contribution in [2.75, 3.05) is 31.5 Å². The zero-order chi connectivity index (χ0) is 29.3. The van der Waals surface area contributed by atoms with Gasteiger partial charge in [0.15, 0.2) is 5.65 Å². The molecule has 1 atom stereocenters. The highest BCUT2D eigenvalue weighted by molar-refractivity contribution is 7.91. The van der Waals surface area contributed by atoms with Gasteiger partial charge in [0.25, 0.3) is 10.0 Å². The Bertz CT molecular complexity index is 1700. The van der Waals surface area contributed by atoms with Crippen LogP contribution in [0.4, 0.5) is 15.9 Å². The standard InChI is InChI=1S/C28H30FN7O4S2/c1-2-23(37)35-12-9-18(10-13-35)26-25-27(30-17-31-28(25)34-33-26)32-22-8-7-19(15-21(22)29)40-20-5-3-11-36(16-20)42(38,39)24-6-4-14-41-24/h2,4,6-8,14-15,17-18,20H,1,3,5,9-13,16H2,(H2,30,31,32,33,34). The molecule has 11 nitrogen and oxygen atoms in total. The van der Waals surface area contributed by atoms with Gasteiger partial charge in [0.1, 0.15) is 34.0 Å². The molecular formula is C28H30FN7O4S2. The van der Waals surface area contributed by atoms with Crippen LogP contribution in [0.25, 0.3) is 11.0 Å². The first kappa shape index (κ1) is 28.2. The number of piperidine rings is 2. The highest BCUT2D eigenvalue weighted by atomic mass is 32.2. The van der Waals surface area contributed by atoms with E-state index in [-0.39, 0.29) is 24.1 Å². The number of rotatable bonds is 8. The van der Waals surface area contributed by atoms with E-state index in [4.69, 9.17) is 4.74 Å². The lowest BCUT2D eigenvalue weighted by Crippen LogP contribution is -2.44. The Kier molecular flexibility index (Phi) is 7.92. The summed E-state index contributed by atoms with van der Waals surface area (Å²) >= 11 is 1.19. The number of hydrogen-bond acceptors (Lipinski definition) is 9. The normalized spacial score (nSPS) is 18.7. The third-order valence-corrected chi connectivity index (χ3v) is 10.9. The van der Waals surface area contributed by atoms with Crippen LogP contribution in [0.15, 0.2) is 58.9 Å². The maximum atomic E-state index is 15.3. The van der Waals surface area contributed by atoms with E-state index in [1.54, 1.807) is 34.5 Å². The largest absolute Gasteiger partial charge is 0.489 e. The van der Waals surface area contributed by atoms with E-state index in [1.807, 2.05) is 0 Å². The van der Waals surface area contributed by atoms with Crippen LogP contribution in [0.1, 0.15) is 37.3 Å². The molecule has 2 saturated heterocycles. The number of hydrogen-bond donors (Lipinski definition) is 2. The topological polar surface area (TPSA) is 133 Å². The number of sulfonamides is 1. The van der Waals surface area contributed by atoms with E-state index in [9.17, 15) is 13.2 Å². The van der Waals surface area contributed by atoms with E-state index in [2.05, 4.69) is 32.1 Å². The monoisotopic (exact) mass is 611 g/mol. The number of anilines is 2. The predicted molar refractivity (Wildman–Crippen MR) is 157 cm³/mol. The fourth-order valence-electron chi connectivity index (χ4n) is 5.52. The van der Waals surface area contributed by atoms with E-state index in [1.165, 1.54) is 34.1 Å². The molecule has 0 spiro atoms. The van der Waals surface area contributed by atoms with Gasteiger partial charge in [-0.1, -0.05) is 12.6 Å². The second kappa shape index (κ2) is 11.8. The number of nitrogens with one attached hydrogen (secondary N) is 2. The molecule has 3 aromatic heterocycles. The summed E-state index contributed by atoms with van der Waals surface area (Å²) in [6.45, 7) is 5.37. The average Bonchev–Trinajstić information content (AvgIpc) is 3.70. The molecule has 0 bridgehead atoms. The van der Waals surface area contributed by atoms with Crippen molar-refractivity contribution in [3.05, 3.63) is 66.2 Å². The van der Waals surface area contributed by atoms with Crippen molar-refractivity contribution < 1.29 is 22.3 Å². The van der Waals surface area contributed by atoms with Crippen molar-refractivity contribution in [3.8, 4) is 5.75 Å². The number of aromatic nitrogens is 4. The average molecular weight is 612 g/mol. The first-order valence-corrected chi connectivity index (χ1v) is 16.0. The molecule has 2 N–H and O–H groups in total. The molecule has 2 aliphatic heterocycles. The van der Waals surface area contributed by atoms with Crippen molar-refractivity contribution in [1.29, 1.82) is 0 Å². The molecule has 1 aromatic carbocycles. The molecule has 0 aliphatic carbocycles. The first-order chi connectivity index (χ1) is 20.3. The number of carbonyl (C=O) groups excluding carboxylic acids is 1. The smallest absolute Gasteiger partial charge is 0.252 e. The van der Waals surface area contributed by atoms with E-state index in [0.29, 0.717) is 59.3 Å². The number of H-pyrrole nitrogens is 1. The van der Waals surface area contributed by atoms with Crippen LogP contribution in [0.3, 0.4) is 0 Å². The number of nitrogens with zero attached hydrogens (tertiary/aromatic N) is 5. The van der Waals surface area contributed by atoms with Crippen LogP contribution in [-0.4, -0.2) is 76.0 Å². The first-order valence-electron chi connectivity index (χ1n) is 13.7. The van der Waals surface area contributed by atoms with Gasteiger partial charge < -0.3 is 15.0 Å². The van der Waals surface area contributed by atoms with Gasteiger partial charge >= 0.3 is 0 Å². The lowest BCUT2D eigenvalue weighted by molar-refractivity contribution is -0.127. The SMILES string of the molecule is C=CC(=O)N1CCC(c2n[nH]c3ncnc(Nc4ccc(OC5CCCN(S(=O)(=O)c6cccs6)C5)cc4F)c23)CC1. The van der Waals surface area contributed by atoms with Crippen LogP contribution < -0.4 is 10.1 Å². The molecule has 1 amide bonds. The molecule has 0 radical (unpaired) electrons. The van der Waals surface area contributed by atoms with Crippen molar-refractivity contribution in [1.82, 2.24) is 29.4 Å². The molecule has 0 saturated carbocycles. The molecule has 220 valence electrons. The number of likely N-dealkylation sites (tertiary alicyclic amines) is 1. The lowest BCUT2D eigenvalue weighted by Gasteiger charge is -2.31. The van der Waals surface area contributed by atoms with Gasteiger partial charge in [0.2, 0.25) is 5.91 Å². The number of fused-ring (bicyclic) bond motifs is 1. The lowest BCUT2D eigenvalue weighted by atomic mass is 9.92. The third kappa shape index (κ3) is 5.61. The van der Waals surface area contributed by atoms with E-state index in [0.717, 1.165) is 18.5 Å². The summed E-state index contributed by atoms with van der Waals surface area (Å²) < 4.78 is 49.0. The second-order valence-electron chi connectivity index (χ2n) is 10.3. The van der Waals surface area contributed by atoms with Gasteiger partial charge in [-0.05, 0) is 55.3 Å². The van der Waals surface area contributed by atoms with Gasteiger partial charge in [-0.2, -0.15) is 9.40 Å². The Morgan fingerprint density at radius 1 is 1.19 bits per heavy atom. The van der Waals surface area contributed by atoms with Crippen LogP contribution in [0.2, 0.25) is 0 Å². The maximum absolute atomic E-state index is 15.3. The van der Waals surface area contributed by atoms with Crippen molar-refractivity contribution in [2.24, 2.45) is 0 Å². The maximum Gasteiger partial charge on any atom is 0.252 e. The summed E-state index contributed by atoms with van der Waals surface area (Å²) in [5, 5.41) is 13.0. The molecule has 2 fully saturated rings. The minimum absolute atomic E-state index is 0.0819. The molecule has 2 aliphatic rings. The quantitative estimate of drug-likeness (QED) is 0.280. The summed E-state index contributed by atoms with van der Waals surface area (Å²) in [7, 11) is -3.58. The second-order valence-corrected chi connectivity index (χ2v) is 13.4. The number of ether oxygens (including phenoxy) is 1. The summed E-state index contributed by atoms with van der Waals surface area (Å²) in [5.41, 5.74) is 1.51. The van der Waals surface area contributed by atoms with Gasteiger partial charge in [0.05, 0.1) is 23.3 Å². The van der Waals surface area contributed by atoms with E-state index < -0.39 is 21.9 Å². The highest BCUT2D eigenvalue weighted by Gasteiger charge is 2.32. The van der Waals surface area contributed by atoms with Crippen molar-refractivity contribution in [3.63, 3.8) is 0 Å². The number of amides is 1. The fraction of sp³-hybridized carbons (Fsp3) is 0.357. The minimum Gasteiger partial charge on any atom is -0.489 e. The van der Waals surface area contributed by atoms with Crippen LogP contribution >= 0.6 is 11.3 Å². The Morgan fingerprint density at radius 3 is 2.76 bits per heavy atom. The zero-order valence-corrected chi connectivity index (χ0v) is 24.3. The zero-order valence-electron chi connectivity index (χ0n) is 22.7. The molecule has 1 unspecified atom stereocenters. The number of carbonyl (C=O) groups is 1. The Morgan fingerprint density at radius 2 is 2.02 bits per heavy atom. The van der Waals surface area contributed by atoms with Gasteiger partial charge in [-0.25, -0.2) is 22.8 Å². The van der Waals surface area contributed by atoms with Gasteiger partial charge in [-0.3, -0.25) is 9.89 Å². The number of halogens is 1. The number of thiophene rings is 1. The Hall–Kier alpha value is -3.88. The Balaban J connectivity index is 1.16. The molecule has 14 heteroatoms. The van der Waals surface area contributed by atoms with E-state index >= 15 is 4.39 Å². The number of benzene rings is 1. The van der Waals surface area contributed by atoms with Crippen LogP contribution in [0.5, 0.6) is 5.75 Å². The predicted octanol–water partition coefficient (Wildman–Crippen LogP) is 4.42. The summed E-state index contributed by atoms with van der Waals surface area (Å²) in [6.07, 6.45) is 5.08. The van der Waals surface area contributed by atoms with Gasteiger partial charge in [-0.15, -0.1) is 11.3 Å². The third-order valence-electron chi connectivity index (χ3n) is 7.68. The molecule has 5 heterocycles. The molecule has 4 aromatic rings. The molecular weight excluding hydrogens is 581 g/mol. The number of aromatic amines is 1. The molecule has 6 rings (SSSR count).